The fraction of sp³-hybridized carbons (Fsp3) is 0.0833. The van der Waals surface area contributed by atoms with E-state index in [4.69, 9.17) is 0 Å². The molecular weight excluding hydrogens is 460 g/mol. The Morgan fingerprint density at radius 2 is 1.76 bits per heavy atom. The Morgan fingerprint density at radius 1 is 0.971 bits per heavy atom. The molecule has 1 amide bonds. The van der Waals surface area contributed by atoms with Gasteiger partial charge in [-0.25, -0.2) is 8.78 Å². The molecule has 2 aliphatic rings. The minimum Gasteiger partial charge on any atom is -0.317 e. The zero-order valence-corrected chi connectivity index (χ0v) is 18.2. The van der Waals surface area contributed by atoms with Crippen molar-refractivity contribution < 1.29 is 18.3 Å². The van der Waals surface area contributed by atoms with Crippen LogP contribution in [0.3, 0.4) is 0 Å². The van der Waals surface area contributed by atoms with Crippen LogP contribution in [-0.2, 0) is 16.2 Å². The van der Waals surface area contributed by atoms with Gasteiger partial charge in [-0.15, -0.1) is 0 Å². The van der Waals surface area contributed by atoms with Crippen molar-refractivity contribution in [3.05, 3.63) is 99.8 Å². The van der Waals surface area contributed by atoms with Gasteiger partial charge >= 0.3 is 22.8 Å². The number of carbonyl (C=O) groups excluding carboxylic acids is 1. The number of aromatic nitrogens is 3. The SMILES string of the molecule is O=C1Nc2ccc(F)cc2[C@]12Nc1ccccc1-c1c(=O)[nH]c(SCc3ccccc3F)n[n+]12. The maximum Gasteiger partial charge on any atom is 0.374 e. The zero-order valence-electron chi connectivity index (χ0n) is 17.4. The van der Waals surface area contributed by atoms with Gasteiger partial charge in [0.15, 0.2) is 0 Å². The Morgan fingerprint density at radius 3 is 2.62 bits per heavy atom. The second kappa shape index (κ2) is 7.49. The van der Waals surface area contributed by atoms with Crippen molar-refractivity contribution in [2.75, 3.05) is 10.6 Å². The number of thioether (sulfide) groups is 1. The first-order valence-corrected chi connectivity index (χ1v) is 11.4. The third-order valence-corrected chi connectivity index (χ3v) is 6.84. The van der Waals surface area contributed by atoms with E-state index in [1.165, 1.54) is 28.9 Å². The van der Waals surface area contributed by atoms with Crippen LogP contribution in [0.4, 0.5) is 20.2 Å². The van der Waals surface area contributed by atoms with Gasteiger partial charge in [-0.3, -0.25) is 14.6 Å². The smallest absolute Gasteiger partial charge is 0.317 e. The van der Waals surface area contributed by atoms with Crippen molar-refractivity contribution in [2.24, 2.45) is 0 Å². The second-order valence-electron chi connectivity index (χ2n) is 7.92. The number of halogens is 2. The first-order chi connectivity index (χ1) is 16.5. The van der Waals surface area contributed by atoms with Gasteiger partial charge in [0.05, 0.1) is 22.5 Å². The number of amides is 1. The van der Waals surface area contributed by atoms with Crippen molar-refractivity contribution in [3.63, 3.8) is 0 Å². The first-order valence-electron chi connectivity index (χ1n) is 10.4. The molecule has 10 heteroatoms. The van der Waals surface area contributed by atoms with Gasteiger partial charge < -0.3 is 10.6 Å². The lowest BCUT2D eigenvalue weighted by atomic mass is 9.95. The molecular formula is C24H16F2N5O2S+. The average molecular weight is 476 g/mol. The number of nitrogens with zero attached hydrogens (tertiary/aromatic N) is 2. The normalized spacial score (nSPS) is 17.5. The first kappa shape index (κ1) is 20.5. The van der Waals surface area contributed by atoms with Crippen LogP contribution in [0.1, 0.15) is 11.1 Å². The van der Waals surface area contributed by atoms with Crippen LogP contribution >= 0.6 is 11.8 Å². The van der Waals surface area contributed by atoms with E-state index in [1.54, 1.807) is 42.5 Å². The fourth-order valence-electron chi connectivity index (χ4n) is 4.36. The number of aromatic amines is 1. The van der Waals surface area contributed by atoms with E-state index in [1.807, 2.05) is 0 Å². The van der Waals surface area contributed by atoms with Gasteiger partial charge in [-0.1, -0.05) is 42.1 Å². The molecule has 6 rings (SSSR count). The number of fused-ring (bicyclic) bond motifs is 6. The monoisotopic (exact) mass is 476 g/mol. The predicted molar refractivity (Wildman–Crippen MR) is 122 cm³/mol. The lowest BCUT2D eigenvalue weighted by Crippen LogP contribution is -2.71. The molecule has 7 nitrogen and oxygen atoms in total. The number of H-pyrrole nitrogens is 1. The average Bonchev–Trinajstić information content (AvgIpc) is 3.10. The van der Waals surface area contributed by atoms with E-state index in [9.17, 15) is 18.4 Å². The highest BCUT2D eigenvalue weighted by Gasteiger charge is 2.62. The number of rotatable bonds is 3. The number of benzene rings is 3. The highest BCUT2D eigenvalue weighted by molar-refractivity contribution is 7.98. The lowest BCUT2D eigenvalue weighted by Gasteiger charge is -2.28. The van der Waals surface area contributed by atoms with Crippen molar-refractivity contribution >= 4 is 29.0 Å². The van der Waals surface area contributed by atoms with Gasteiger partial charge in [0, 0.05) is 10.9 Å². The van der Waals surface area contributed by atoms with E-state index in [0.717, 1.165) is 11.8 Å². The molecule has 0 unspecified atom stereocenters. The third-order valence-electron chi connectivity index (χ3n) is 5.92. The van der Waals surface area contributed by atoms with E-state index in [2.05, 4.69) is 20.7 Å². The van der Waals surface area contributed by atoms with Crippen molar-refractivity contribution in [2.45, 2.75) is 16.6 Å². The van der Waals surface area contributed by atoms with E-state index >= 15 is 0 Å². The van der Waals surface area contributed by atoms with Crippen molar-refractivity contribution in [1.82, 2.24) is 10.1 Å². The molecule has 3 N–H and O–H groups in total. The molecule has 0 radical (unpaired) electrons. The standard InChI is InChI=1S/C24H15F2N5O2S/c25-14-9-10-19-16(11-14)24(22(33)27-19)29-18-8-4-2-6-15(18)20-21(32)28-23(30-31(20)24)34-12-13-5-1-3-7-17(13)26/h1-11H,12H2,(H2,27,28,30,32,33)/p+1/t24-/m1/s1. The molecule has 0 fully saturated rings. The van der Waals surface area contributed by atoms with Crippen LogP contribution < -0.4 is 20.9 Å². The Bertz CT molecular complexity index is 1560. The molecule has 168 valence electrons. The number of para-hydroxylation sites is 1. The van der Waals surface area contributed by atoms with Gasteiger partial charge in [0.2, 0.25) is 5.16 Å². The molecule has 1 aromatic heterocycles. The number of carbonyl (C=O) groups is 1. The van der Waals surface area contributed by atoms with Crippen molar-refractivity contribution in [3.8, 4) is 11.3 Å². The van der Waals surface area contributed by atoms with Crippen LogP contribution in [0.25, 0.3) is 11.3 Å². The molecule has 1 spiro atoms. The van der Waals surface area contributed by atoms with Crippen LogP contribution in [0.2, 0.25) is 0 Å². The number of anilines is 2. The summed E-state index contributed by atoms with van der Waals surface area (Å²) in [5, 5.41) is 10.7. The van der Waals surface area contributed by atoms with E-state index < -0.39 is 22.9 Å². The summed E-state index contributed by atoms with van der Waals surface area (Å²) in [5.41, 5.74) is 0.249. The van der Waals surface area contributed by atoms with Gasteiger partial charge in [0.1, 0.15) is 11.6 Å². The lowest BCUT2D eigenvalue weighted by molar-refractivity contribution is -0.781. The van der Waals surface area contributed by atoms with E-state index in [-0.39, 0.29) is 22.4 Å². The Kier molecular flexibility index (Phi) is 4.53. The van der Waals surface area contributed by atoms with Gasteiger partial charge in [-0.05, 0) is 46.6 Å². The molecule has 3 aromatic carbocycles. The predicted octanol–water partition coefficient (Wildman–Crippen LogP) is 3.37. The summed E-state index contributed by atoms with van der Waals surface area (Å²) in [6.45, 7) is 0. The maximum atomic E-state index is 14.3. The molecule has 0 saturated carbocycles. The number of nitrogens with one attached hydrogen (secondary N) is 3. The molecule has 34 heavy (non-hydrogen) atoms. The third kappa shape index (κ3) is 2.95. The molecule has 0 saturated heterocycles. The molecule has 0 aliphatic carbocycles. The molecule has 2 aliphatic heterocycles. The molecule has 0 bridgehead atoms. The van der Waals surface area contributed by atoms with Gasteiger partial charge in [-0.2, -0.15) is 0 Å². The maximum absolute atomic E-state index is 14.3. The summed E-state index contributed by atoms with van der Waals surface area (Å²) in [5.74, 6) is -1.19. The van der Waals surface area contributed by atoms with Crippen LogP contribution in [0.15, 0.2) is 76.7 Å². The topological polar surface area (TPSA) is 90.8 Å². The van der Waals surface area contributed by atoms with Crippen molar-refractivity contribution in [1.29, 1.82) is 0 Å². The highest BCUT2D eigenvalue weighted by atomic mass is 32.2. The molecule has 3 heterocycles. The molecule has 1 atom stereocenters. The summed E-state index contributed by atoms with van der Waals surface area (Å²) < 4.78 is 29.7. The van der Waals surface area contributed by atoms with E-state index in [0.29, 0.717) is 28.1 Å². The molecule has 4 aromatic rings. The van der Waals surface area contributed by atoms with Gasteiger partial charge in [0.25, 0.3) is 0 Å². The summed E-state index contributed by atoms with van der Waals surface area (Å²) in [6, 6.07) is 17.3. The summed E-state index contributed by atoms with van der Waals surface area (Å²) >= 11 is 1.12. The summed E-state index contributed by atoms with van der Waals surface area (Å²) in [4.78, 5) is 29.5. The number of hydrogen-bond acceptors (Lipinski definition) is 5. The zero-order chi connectivity index (χ0) is 23.4. The minimum absolute atomic E-state index is 0.150. The largest absolute Gasteiger partial charge is 0.374 e. The Labute approximate surface area is 195 Å². The van der Waals surface area contributed by atoms with Crippen LogP contribution in [0.5, 0.6) is 0 Å². The summed E-state index contributed by atoms with van der Waals surface area (Å²) in [7, 11) is 0. The summed E-state index contributed by atoms with van der Waals surface area (Å²) in [6.07, 6.45) is 0. The second-order valence-corrected chi connectivity index (χ2v) is 8.89. The Balaban J connectivity index is 1.56. The quantitative estimate of drug-likeness (QED) is 0.312. The fourth-order valence-corrected chi connectivity index (χ4v) is 5.20. The van der Waals surface area contributed by atoms with Crippen LogP contribution in [0, 0.1) is 11.6 Å². The Hall–Kier alpha value is -4.05. The van der Waals surface area contributed by atoms with Crippen LogP contribution in [-0.4, -0.2) is 16.0 Å². The minimum atomic E-state index is -1.68. The number of hydrogen-bond donors (Lipinski definition) is 3. The highest BCUT2D eigenvalue weighted by Crippen LogP contribution is 2.41.